The lowest BCUT2D eigenvalue weighted by atomic mass is 9.88. The average Bonchev–Trinajstić information content (AvgIpc) is 3.03. The molecule has 9 heteroatoms. The Kier molecular flexibility index (Phi) is 5.32. The van der Waals surface area contributed by atoms with Crippen LogP contribution in [0, 0.1) is 23.4 Å². The van der Waals surface area contributed by atoms with Crippen LogP contribution in [-0.2, 0) is 12.1 Å². The summed E-state index contributed by atoms with van der Waals surface area (Å²) >= 11 is 0. The third kappa shape index (κ3) is 4.35. The first kappa shape index (κ1) is 19.5. The molecular formula is C18H22F3N5O. The summed E-state index contributed by atoms with van der Waals surface area (Å²) in [5.74, 6) is -3.85. The third-order valence-corrected chi connectivity index (χ3v) is 4.63. The van der Waals surface area contributed by atoms with Crippen LogP contribution in [0.15, 0.2) is 12.1 Å². The minimum Gasteiger partial charge on any atom is -0.296 e. The van der Waals surface area contributed by atoms with E-state index in [2.05, 4.69) is 20.3 Å². The van der Waals surface area contributed by atoms with Crippen LogP contribution in [-0.4, -0.2) is 44.0 Å². The van der Waals surface area contributed by atoms with E-state index in [0.717, 1.165) is 0 Å². The van der Waals surface area contributed by atoms with Gasteiger partial charge in [-0.2, -0.15) is 4.80 Å². The molecule has 0 amide bonds. The zero-order valence-electron chi connectivity index (χ0n) is 15.5. The summed E-state index contributed by atoms with van der Waals surface area (Å²) in [7, 11) is 0. The highest BCUT2D eigenvalue weighted by Gasteiger charge is 2.30. The van der Waals surface area contributed by atoms with Crippen LogP contribution in [0.4, 0.5) is 13.2 Å². The molecule has 0 bridgehead atoms. The second-order valence-corrected chi connectivity index (χ2v) is 7.83. The topological polar surface area (TPSA) is 63.9 Å². The maximum atomic E-state index is 13.8. The van der Waals surface area contributed by atoms with Gasteiger partial charge in [0.15, 0.2) is 11.6 Å². The Morgan fingerprint density at radius 1 is 1.15 bits per heavy atom. The average molecular weight is 381 g/mol. The molecule has 2 aromatic rings. The molecule has 1 aromatic carbocycles. The molecule has 3 rings (SSSR count). The highest BCUT2D eigenvalue weighted by atomic mass is 19.1. The Balaban J connectivity index is 1.61. The smallest absolute Gasteiger partial charge is 0.188 e. The van der Waals surface area contributed by atoms with Gasteiger partial charge in [0.1, 0.15) is 17.5 Å². The summed E-state index contributed by atoms with van der Waals surface area (Å²) in [5, 5.41) is 12.5. The number of carbonyl (C=O) groups is 1. The Bertz CT molecular complexity index is 815. The number of hydrogen-bond donors (Lipinski definition) is 0. The molecule has 146 valence electrons. The van der Waals surface area contributed by atoms with E-state index in [0.29, 0.717) is 50.4 Å². The molecule has 1 saturated heterocycles. The molecule has 2 heterocycles. The van der Waals surface area contributed by atoms with Crippen LogP contribution in [0.2, 0.25) is 0 Å². The van der Waals surface area contributed by atoms with E-state index in [1.54, 1.807) is 4.80 Å². The molecule has 0 aliphatic carbocycles. The molecule has 27 heavy (non-hydrogen) atoms. The summed E-state index contributed by atoms with van der Waals surface area (Å²) < 4.78 is 40.7. The molecule has 1 aliphatic rings. The number of Topliss-reactive ketones (excluding diaryl/α,β-unsaturated/α-hetero) is 1. The lowest BCUT2D eigenvalue weighted by Crippen LogP contribution is -2.36. The van der Waals surface area contributed by atoms with Crippen molar-refractivity contribution in [3.8, 4) is 0 Å². The van der Waals surface area contributed by atoms with Crippen LogP contribution >= 0.6 is 0 Å². The van der Waals surface area contributed by atoms with Crippen molar-refractivity contribution in [2.75, 3.05) is 13.1 Å². The van der Waals surface area contributed by atoms with Gasteiger partial charge in [-0.1, -0.05) is 0 Å². The number of ketones is 1. The molecule has 0 N–H and O–H groups in total. The van der Waals surface area contributed by atoms with Gasteiger partial charge in [0.2, 0.25) is 0 Å². The summed E-state index contributed by atoms with van der Waals surface area (Å²) in [6, 6.07) is 1.07. The molecule has 0 atom stereocenters. The van der Waals surface area contributed by atoms with Crippen molar-refractivity contribution in [2.45, 2.75) is 45.7 Å². The summed E-state index contributed by atoms with van der Waals surface area (Å²) in [4.78, 5) is 16.1. The molecule has 0 radical (unpaired) electrons. The third-order valence-electron chi connectivity index (χ3n) is 4.63. The number of benzene rings is 1. The first-order chi connectivity index (χ1) is 12.6. The molecule has 1 aromatic heterocycles. The summed E-state index contributed by atoms with van der Waals surface area (Å²) in [6.07, 6.45) is 0.922. The Morgan fingerprint density at radius 2 is 1.74 bits per heavy atom. The van der Waals surface area contributed by atoms with Gasteiger partial charge in [-0.3, -0.25) is 9.69 Å². The lowest BCUT2D eigenvalue weighted by Gasteiger charge is -2.30. The maximum Gasteiger partial charge on any atom is 0.188 e. The number of aromatic nitrogens is 4. The minimum absolute atomic E-state index is 0.256. The van der Waals surface area contributed by atoms with E-state index >= 15 is 0 Å². The SMILES string of the molecule is CC(C)(C)n1nnc(CN2CCC(C(=O)c3c(F)cc(F)cc3F)CC2)n1. The van der Waals surface area contributed by atoms with E-state index in [1.165, 1.54) is 0 Å². The molecule has 0 saturated carbocycles. The van der Waals surface area contributed by atoms with Crippen LogP contribution in [0.5, 0.6) is 0 Å². The van der Waals surface area contributed by atoms with Crippen molar-refractivity contribution in [1.82, 2.24) is 25.1 Å². The van der Waals surface area contributed by atoms with Crippen molar-refractivity contribution >= 4 is 5.78 Å². The molecule has 6 nitrogen and oxygen atoms in total. The van der Waals surface area contributed by atoms with Crippen molar-refractivity contribution in [3.05, 3.63) is 41.0 Å². The Hall–Kier alpha value is -2.29. The fourth-order valence-electron chi connectivity index (χ4n) is 3.13. The highest BCUT2D eigenvalue weighted by Crippen LogP contribution is 2.26. The fourth-order valence-corrected chi connectivity index (χ4v) is 3.13. The van der Waals surface area contributed by atoms with Crippen molar-refractivity contribution < 1.29 is 18.0 Å². The van der Waals surface area contributed by atoms with Crippen molar-refractivity contribution in [3.63, 3.8) is 0 Å². The van der Waals surface area contributed by atoms with E-state index in [1.807, 2.05) is 20.8 Å². The molecular weight excluding hydrogens is 359 g/mol. The minimum atomic E-state index is -1.15. The Morgan fingerprint density at radius 3 is 2.26 bits per heavy atom. The molecule has 1 fully saturated rings. The fraction of sp³-hybridized carbons (Fsp3) is 0.556. The van der Waals surface area contributed by atoms with Crippen LogP contribution in [0.1, 0.15) is 49.8 Å². The van der Waals surface area contributed by atoms with Gasteiger partial charge >= 0.3 is 0 Å². The summed E-state index contributed by atoms with van der Waals surface area (Å²) in [5.41, 5.74) is -0.904. The van der Waals surface area contributed by atoms with Gasteiger partial charge in [0.05, 0.1) is 17.6 Å². The van der Waals surface area contributed by atoms with Gasteiger partial charge in [0.25, 0.3) is 0 Å². The number of hydrogen-bond acceptors (Lipinski definition) is 5. The van der Waals surface area contributed by atoms with Crippen molar-refractivity contribution in [2.24, 2.45) is 5.92 Å². The summed E-state index contributed by atoms with van der Waals surface area (Å²) in [6.45, 7) is 7.57. The number of nitrogens with zero attached hydrogens (tertiary/aromatic N) is 5. The molecule has 0 unspecified atom stereocenters. The number of likely N-dealkylation sites (tertiary alicyclic amines) is 1. The van der Waals surface area contributed by atoms with Crippen molar-refractivity contribution in [1.29, 1.82) is 0 Å². The number of halogens is 3. The first-order valence-electron chi connectivity index (χ1n) is 8.85. The molecule has 0 spiro atoms. The quantitative estimate of drug-likeness (QED) is 0.762. The van der Waals surface area contributed by atoms with Gasteiger partial charge in [-0.05, 0) is 51.9 Å². The van der Waals surface area contributed by atoms with E-state index in [4.69, 9.17) is 0 Å². The Labute approximate surface area is 155 Å². The lowest BCUT2D eigenvalue weighted by molar-refractivity contribution is 0.0823. The largest absolute Gasteiger partial charge is 0.296 e. The number of piperidine rings is 1. The second-order valence-electron chi connectivity index (χ2n) is 7.83. The monoisotopic (exact) mass is 381 g/mol. The van der Waals surface area contributed by atoms with Gasteiger partial charge < -0.3 is 0 Å². The molecule has 1 aliphatic heterocycles. The van der Waals surface area contributed by atoms with E-state index in [9.17, 15) is 18.0 Å². The van der Waals surface area contributed by atoms with Gasteiger partial charge in [-0.25, -0.2) is 13.2 Å². The van der Waals surface area contributed by atoms with Crippen LogP contribution in [0.3, 0.4) is 0 Å². The van der Waals surface area contributed by atoms with E-state index < -0.39 is 34.7 Å². The zero-order valence-corrected chi connectivity index (χ0v) is 15.5. The van der Waals surface area contributed by atoms with Crippen LogP contribution in [0.25, 0.3) is 0 Å². The zero-order chi connectivity index (χ0) is 19.8. The van der Waals surface area contributed by atoms with E-state index in [-0.39, 0.29) is 5.54 Å². The normalized spacial score (nSPS) is 16.7. The number of tetrazole rings is 1. The number of rotatable bonds is 4. The predicted octanol–water partition coefficient (Wildman–Crippen LogP) is 2.94. The maximum absolute atomic E-state index is 13.8. The standard InChI is InChI=1S/C18H22F3N5O/c1-18(2,3)26-23-15(22-24-26)10-25-6-4-11(5-7-25)17(27)16-13(20)8-12(19)9-14(16)21/h8-9,11H,4-7,10H2,1-3H3. The van der Waals surface area contributed by atoms with Gasteiger partial charge in [0, 0.05) is 18.1 Å². The van der Waals surface area contributed by atoms with Crippen LogP contribution < -0.4 is 0 Å². The highest BCUT2D eigenvalue weighted by molar-refractivity contribution is 5.98. The number of carbonyl (C=O) groups excluding carboxylic acids is 1. The second kappa shape index (κ2) is 7.38. The predicted molar refractivity (Wildman–Crippen MR) is 91.5 cm³/mol. The first-order valence-corrected chi connectivity index (χ1v) is 8.85. The van der Waals surface area contributed by atoms with Gasteiger partial charge in [-0.15, -0.1) is 10.2 Å².